The van der Waals surface area contributed by atoms with Gasteiger partial charge in [0, 0.05) is 52.0 Å². The van der Waals surface area contributed by atoms with Gasteiger partial charge in [-0.15, -0.1) is 0 Å². The van der Waals surface area contributed by atoms with E-state index in [9.17, 15) is 28.8 Å². The van der Waals surface area contributed by atoms with Crippen LogP contribution in [0.4, 0.5) is 10.5 Å². The van der Waals surface area contributed by atoms with Crippen LogP contribution in [0, 0.1) is 0 Å². The summed E-state index contributed by atoms with van der Waals surface area (Å²) in [6, 6.07) is 12.0. The summed E-state index contributed by atoms with van der Waals surface area (Å²) in [5, 5.41) is 25.2. The van der Waals surface area contributed by atoms with E-state index < -0.39 is 50.6 Å². The maximum atomic E-state index is 13.3. The van der Waals surface area contributed by atoms with Gasteiger partial charge in [0.1, 0.15) is 43.4 Å². The highest BCUT2D eigenvalue weighted by Gasteiger charge is 2.53. The van der Waals surface area contributed by atoms with Crippen molar-refractivity contribution >= 4 is 43.6 Å². The number of hydrogen-bond acceptors (Lipinski definition) is 11. The van der Waals surface area contributed by atoms with E-state index in [0.29, 0.717) is 16.7 Å². The fraction of sp³-hybridized carbons (Fsp3) is 0.276. The van der Waals surface area contributed by atoms with Crippen LogP contribution in [0.2, 0.25) is 0 Å². The fourth-order valence-electron chi connectivity index (χ4n) is 4.84. The molecule has 3 aromatic rings. The predicted octanol–water partition coefficient (Wildman–Crippen LogP) is 3.81. The van der Waals surface area contributed by atoms with Gasteiger partial charge in [0.2, 0.25) is 5.91 Å². The number of phenols is 2. The number of anilines is 1. The van der Waals surface area contributed by atoms with Crippen molar-refractivity contribution in [3.05, 3.63) is 76.9 Å². The van der Waals surface area contributed by atoms with Gasteiger partial charge in [0.05, 0.1) is 12.2 Å². The first-order valence-corrected chi connectivity index (χ1v) is 15.7. The molecular weight excluding hydrogens is 600 g/mol. The van der Waals surface area contributed by atoms with Crippen molar-refractivity contribution < 1.29 is 47.2 Å². The van der Waals surface area contributed by atoms with Crippen LogP contribution in [0.1, 0.15) is 47.8 Å². The first kappa shape index (κ1) is 30.1. The van der Waals surface area contributed by atoms with E-state index in [1.165, 1.54) is 42.7 Å². The molecule has 0 aliphatic carbocycles. The summed E-state index contributed by atoms with van der Waals surface area (Å²) in [6.45, 7) is 4.44. The van der Waals surface area contributed by atoms with Crippen molar-refractivity contribution in [2.24, 2.45) is 0 Å². The summed E-state index contributed by atoms with van der Waals surface area (Å²) in [5.74, 6) is -1.15. The number of phenolic OH excluding ortho intramolecular Hbond substituents is 2. The first-order valence-electron chi connectivity index (χ1n) is 12.9. The largest absolute Gasteiger partial charge is 0.508 e. The molecule has 0 saturated carbocycles. The van der Waals surface area contributed by atoms with Crippen LogP contribution < -0.4 is 15.4 Å². The van der Waals surface area contributed by atoms with Crippen LogP contribution in [0.3, 0.4) is 0 Å². The fourth-order valence-corrected chi connectivity index (χ4v) is 5.39. The normalized spacial score (nSPS) is 16.4. The number of esters is 1. The minimum atomic E-state index is -3.12. The van der Waals surface area contributed by atoms with Crippen LogP contribution in [-0.2, 0) is 44.0 Å². The summed E-state index contributed by atoms with van der Waals surface area (Å²) in [7, 11) is -3.12. The minimum Gasteiger partial charge on any atom is -0.508 e. The summed E-state index contributed by atoms with van der Waals surface area (Å²) in [4.78, 5) is 39.0. The molecule has 226 valence electrons. The van der Waals surface area contributed by atoms with Gasteiger partial charge in [0.25, 0.3) is 0 Å². The summed E-state index contributed by atoms with van der Waals surface area (Å²) in [5.41, 5.74) is -0.685. The molecule has 43 heavy (non-hydrogen) atoms. The number of rotatable bonds is 6. The Morgan fingerprint density at radius 3 is 2.14 bits per heavy atom. The predicted molar refractivity (Wildman–Crippen MR) is 157 cm³/mol. The van der Waals surface area contributed by atoms with Crippen LogP contribution >= 0.6 is 0 Å². The van der Waals surface area contributed by atoms with Gasteiger partial charge in [-0.05, 0) is 57.2 Å². The van der Waals surface area contributed by atoms with Gasteiger partial charge in [-0.1, -0.05) is 6.07 Å². The smallest absolute Gasteiger partial charge is 0.408 e. The van der Waals surface area contributed by atoms with Crippen LogP contribution in [0.25, 0.3) is 0 Å². The Bertz CT molecular complexity index is 1710. The van der Waals surface area contributed by atoms with Crippen molar-refractivity contribution in [2.45, 2.75) is 38.0 Å². The molecule has 0 bridgehead atoms. The van der Waals surface area contributed by atoms with Crippen LogP contribution in [0.5, 0.6) is 23.0 Å². The van der Waals surface area contributed by atoms with Gasteiger partial charge >= 0.3 is 12.1 Å². The van der Waals surface area contributed by atoms with Gasteiger partial charge in [-0.3, -0.25) is 8.98 Å². The van der Waals surface area contributed by atoms with E-state index in [1.807, 2.05) is 0 Å². The highest BCUT2D eigenvalue weighted by molar-refractivity contribution is 8.29. The Labute approximate surface area is 251 Å². The molecule has 0 radical (unpaired) electrons. The summed E-state index contributed by atoms with van der Waals surface area (Å²) < 4.78 is 34.3. The third-order valence-corrected chi connectivity index (χ3v) is 7.35. The zero-order chi connectivity index (χ0) is 31.3. The molecule has 0 saturated heterocycles. The van der Waals surface area contributed by atoms with E-state index in [4.69, 9.17) is 29.6 Å². The Morgan fingerprint density at radius 2 is 1.58 bits per heavy atom. The molecule has 2 aliphatic heterocycles. The highest BCUT2D eigenvalue weighted by atomic mass is 32.8. The SMILES string of the molecule is CC(C)(C)OC(=O)NC(COS(C)(=O)=S)C(=O)Nc1ccc2c(c1)C(=O)OC21c2ccc(O)cc2Oc2cc(O)ccc21. The monoisotopic (exact) mass is 628 g/mol. The maximum Gasteiger partial charge on any atom is 0.408 e. The zero-order valence-electron chi connectivity index (χ0n) is 23.5. The number of fused-ring (bicyclic) bond motifs is 6. The lowest BCUT2D eigenvalue weighted by molar-refractivity contribution is -0.118. The molecule has 4 N–H and O–H groups in total. The number of ether oxygens (including phenoxy) is 3. The Morgan fingerprint density at radius 1 is 1.00 bits per heavy atom. The maximum absolute atomic E-state index is 13.3. The summed E-state index contributed by atoms with van der Waals surface area (Å²) >= 11 is 4.76. The third-order valence-electron chi connectivity index (χ3n) is 6.50. The van der Waals surface area contributed by atoms with Gasteiger partial charge in [0.15, 0.2) is 5.60 Å². The first-order chi connectivity index (χ1) is 20.1. The molecular formula is C29H28N2O10S2. The number of alkyl carbamates (subject to hydrolysis) is 1. The molecule has 12 nitrogen and oxygen atoms in total. The minimum absolute atomic E-state index is 0.0754. The Hall–Kier alpha value is -4.40. The molecule has 1 spiro atoms. The Balaban J connectivity index is 1.49. The number of benzene rings is 3. The quantitative estimate of drug-likeness (QED) is 0.293. The van der Waals surface area contributed by atoms with E-state index >= 15 is 0 Å². The van der Waals surface area contributed by atoms with E-state index in [0.717, 1.165) is 0 Å². The molecule has 3 aromatic carbocycles. The topological polar surface area (TPSA) is 170 Å². The number of carbonyl (C=O) groups is 3. The second-order valence-electron chi connectivity index (χ2n) is 11.0. The van der Waals surface area contributed by atoms with E-state index in [-0.39, 0.29) is 34.2 Å². The molecule has 2 amide bonds. The summed E-state index contributed by atoms with van der Waals surface area (Å²) in [6.07, 6.45) is 0.263. The second-order valence-corrected chi connectivity index (χ2v) is 14.4. The van der Waals surface area contributed by atoms with Gasteiger partial charge in [-0.2, -0.15) is 0 Å². The lowest BCUT2D eigenvalue weighted by Gasteiger charge is -2.36. The van der Waals surface area contributed by atoms with Crippen LogP contribution in [0.15, 0.2) is 54.6 Å². The molecule has 5 rings (SSSR count). The zero-order valence-corrected chi connectivity index (χ0v) is 25.1. The van der Waals surface area contributed by atoms with Crippen molar-refractivity contribution in [3.8, 4) is 23.0 Å². The lowest BCUT2D eigenvalue weighted by Crippen LogP contribution is -2.48. The number of amides is 2. The Kier molecular flexibility index (Phi) is 7.48. The van der Waals surface area contributed by atoms with Crippen molar-refractivity contribution in [1.29, 1.82) is 0 Å². The number of carbonyl (C=O) groups excluding carboxylic acids is 3. The standard InChI is InChI=1S/C29H28N2O10S2/c1-28(2,3)41-27(36)31-22(14-38-43(4,37)42)25(34)30-15-5-8-19-18(11-15)26(35)40-29(19)20-9-6-16(32)12-23(20)39-24-13-17(33)7-10-21(24)29/h5-13,22,32-33H,14H2,1-4H3,(H,30,34)(H,31,36). The lowest BCUT2D eigenvalue weighted by atomic mass is 9.77. The van der Waals surface area contributed by atoms with Crippen molar-refractivity contribution in [3.63, 3.8) is 0 Å². The molecule has 0 fully saturated rings. The highest BCUT2D eigenvalue weighted by Crippen LogP contribution is 2.57. The number of aromatic hydroxyl groups is 2. The molecule has 2 heterocycles. The van der Waals surface area contributed by atoms with Crippen molar-refractivity contribution in [2.75, 3.05) is 18.2 Å². The molecule has 2 atom stereocenters. The number of nitrogens with one attached hydrogen (secondary N) is 2. The van der Waals surface area contributed by atoms with Gasteiger partial charge < -0.3 is 35.1 Å². The molecule has 0 aromatic heterocycles. The number of hydrogen-bond donors (Lipinski definition) is 4. The average Bonchev–Trinajstić information content (AvgIpc) is 3.16. The van der Waals surface area contributed by atoms with Gasteiger partial charge in [-0.25, -0.2) is 13.8 Å². The van der Waals surface area contributed by atoms with E-state index in [1.54, 1.807) is 39.0 Å². The second kappa shape index (κ2) is 10.7. The third kappa shape index (κ3) is 6.07. The van der Waals surface area contributed by atoms with E-state index in [2.05, 4.69) is 10.6 Å². The molecule has 14 heteroatoms. The van der Waals surface area contributed by atoms with Crippen LogP contribution in [-0.4, -0.2) is 56.9 Å². The average molecular weight is 629 g/mol. The van der Waals surface area contributed by atoms with Crippen molar-refractivity contribution in [1.82, 2.24) is 5.32 Å². The molecule has 2 aliphatic rings. The molecule has 2 unspecified atom stereocenters.